The van der Waals surface area contributed by atoms with Gasteiger partial charge in [0, 0.05) is 12.4 Å². The van der Waals surface area contributed by atoms with E-state index in [2.05, 4.69) is 21.1 Å². The molecule has 77 valence electrons. The maximum Gasteiger partial charge on any atom is 0.269 e. The molecule has 0 atom stereocenters. The highest BCUT2D eigenvalue weighted by Crippen LogP contribution is 2.16. The van der Waals surface area contributed by atoms with E-state index in [0.717, 1.165) is 21.9 Å². The minimum absolute atomic E-state index is 0.134. The van der Waals surface area contributed by atoms with Gasteiger partial charge in [-0.05, 0) is 12.1 Å². The molecule has 2 heterocycles. The standard InChI is InChI=1S/C11H7N4O/c1-15-10-3-8-7(4-12-6-14-8)2-9(10)13-5-11(15)16/h2-3,5-6H,1H3. The second kappa shape index (κ2) is 3.10. The lowest BCUT2D eigenvalue weighted by Crippen LogP contribution is -2.16. The molecule has 1 aromatic carbocycles. The molecule has 0 spiro atoms. The van der Waals surface area contributed by atoms with E-state index < -0.39 is 0 Å². The van der Waals surface area contributed by atoms with Crippen LogP contribution in [0.15, 0.2) is 29.5 Å². The third-order valence-electron chi connectivity index (χ3n) is 2.54. The topological polar surface area (TPSA) is 60.7 Å². The summed E-state index contributed by atoms with van der Waals surface area (Å²) >= 11 is 0. The predicted molar refractivity (Wildman–Crippen MR) is 58.9 cm³/mol. The van der Waals surface area contributed by atoms with E-state index in [1.807, 2.05) is 12.1 Å². The lowest BCUT2D eigenvalue weighted by Gasteiger charge is -2.04. The number of hydrogen-bond acceptors (Lipinski definition) is 4. The first kappa shape index (κ1) is 8.96. The molecule has 3 aromatic rings. The molecule has 1 radical (unpaired) electrons. The number of hydrogen-bond donors (Lipinski definition) is 0. The van der Waals surface area contributed by atoms with Crippen LogP contribution in [0.5, 0.6) is 0 Å². The number of rotatable bonds is 0. The van der Waals surface area contributed by atoms with Gasteiger partial charge >= 0.3 is 0 Å². The van der Waals surface area contributed by atoms with Gasteiger partial charge < -0.3 is 4.57 Å². The molecular weight excluding hydrogens is 204 g/mol. The van der Waals surface area contributed by atoms with Gasteiger partial charge in [0.15, 0.2) is 0 Å². The van der Waals surface area contributed by atoms with Crippen LogP contribution in [0.3, 0.4) is 0 Å². The maximum atomic E-state index is 11.4. The fourth-order valence-electron chi connectivity index (χ4n) is 1.65. The summed E-state index contributed by atoms with van der Waals surface area (Å²) in [6, 6.07) is 3.64. The zero-order valence-corrected chi connectivity index (χ0v) is 8.51. The highest BCUT2D eigenvalue weighted by molar-refractivity contribution is 5.91. The van der Waals surface area contributed by atoms with Gasteiger partial charge in [-0.2, -0.15) is 0 Å². The third-order valence-corrected chi connectivity index (χ3v) is 2.54. The van der Waals surface area contributed by atoms with E-state index in [9.17, 15) is 4.79 Å². The van der Waals surface area contributed by atoms with Crippen LogP contribution in [0.25, 0.3) is 21.9 Å². The zero-order valence-electron chi connectivity index (χ0n) is 8.51. The van der Waals surface area contributed by atoms with Gasteiger partial charge in [0.1, 0.15) is 12.5 Å². The lowest BCUT2D eigenvalue weighted by atomic mass is 10.2. The van der Waals surface area contributed by atoms with Crippen molar-refractivity contribution in [3.63, 3.8) is 0 Å². The van der Waals surface area contributed by atoms with Crippen molar-refractivity contribution in [1.82, 2.24) is 19.5 Å². The monoisotopic (exact) mass is 211 g/mol. The molecule has 5 nitrogen and oxygen atoms in total. The van der Waals surface area contributed by atoms with Crippen molar-refractivity contribution in [3.8, 4) is 0 Å². The Morgan fingerprint density at radius 1 is 1.25 bits per heavy atom. The van der Waals surface area contributed by atoms with Crippen LogP contribution < -0.4 is 5.56 Å². The van der Waals surface area contributed by atoms with Gasteiger partial charge in [-0.3, -0.25) is 4.79 Å². The normalized spacial score (nSPS) is 11.1. The van der Waals surface area contributed by atoms with Crippen molar-refractivity contribution in [1.29, 1.82) is 0 Å². The second-order valence-corrected chi connectivity index (χ2v) is 3.50. The Morgan fingerprint density at radius 3 is 3.00 bits per heavy atom. The third kappa shape index (κ3) is 1.18. The molecule has 5 heteroatoms. The smallest absolute Gasteiger partial charge is 0.269 e. The van der Waals surface area contributed by atoms with E-state index in [1.165, 1.54) is 12.5 Å². The van der Waals surface area contributed by atoms with Crippen LogP contribution in [0, 0.1) is 6.20 Å². The van der Waals surface area contributed by atoms with E-state index in [-0.39, 0.29) is 5.56 Å². The number of aryl methyl sites for hydroxylation is 1. The molecule has 2 aromatic heterocycles. The van der Waals surface area contributed by atoms with Gasteiger partial charge in [-0.1, -0.05) is 0 Å². The fourth-order valence-corrected chi connectivity index (χ4v) is 1.65. The number of benzene rings is 1. The van der Waals surface area contributed by atoms with Crippen molar-refractivity contribution in [2.45, 2.75) is 0 Å². The van der Waals surface area contributed by atoms with Crippen molar-refractivity contribution in [3.05, 3.63) is 41.2 Å². The minimum Gasteiger partial charge on any atom is -0.308 e. The van der Waals surface area contributed by atoms with E-state index in [4.69, 9.17) is 0 Å². The number of nitrogens with zero attached hydrogens (tertiary/aromatic N) is 4. The quantitative estimate of drug-likeness (QED) is 0.513. The van der Waals surface area contributed by atoms with Crippen LogP contribution >= 0.6 is 0 Å². The number of aromatic nitrogens is 4. The summed E-state index contributed by atoms with van der Waals surface area (Å²) in [5.74, 6) is 0. The SMILES string of the molecule is Cn1c(=O)cnc2cc3[c]ncnc3cc21. The molecule has 0 saturated carbocycles. The summed E-state index contributed by atoms with van der Waals surface area (Å²) in [5, 5.41) is 0.793. The molecule has 16 heavy (non-hydrogen) atoms. The molecule has 0 bridgehead atoms. The van der Waals surface area contributed by atoms with E-state index in [1.54, 1.807) is 11.6 Å². The Balaban J connectivity index is 2.56. The van der Waals surface area contributed by atoms with E-state index >= 15 is 0 Å². The summed E-state index contributed by atoms with van der Waals surface area (Å²) < 4.78 is 1.55. The molecule has 0 aliphatic rings. The van der Waals surface area contributed by atoms with E-state index in [0.29, 0.717) is 0 Å². The molecule has 0 N–H and O–H groups in total. The highest BCUT2D eigenvalue weighted by Gasteiger charge is 2.03. The van der Waals surface area contributed by atoms with Gasteiger partial charge in [0.05, 0.1) is 22.7 Å². The molecule has 3 rings (SSSR count). The first-order chi connectivity index (χ1) is 7.75. The lowest BCUT2D eigenvalue weighted by molar-refractivity contribution is 0.892. The predicted octanol–water partition coefficient (Wildman–Crippen LogP) is 0.677. The Morgan fingerprint density at radius 2 is 2.12 bits per heavy atom. The highest BCUT2D eigenvalue weighted by atomic mass is 16.1. The summed E-state index contributed by atoms with van der Waals surface area (Å²) in [5.41, 5.74) is 2.11. The van der Waals surface area contributed by atoms with Gasteiger partial charge in [-0.25, -0.2) is 15.0 Å². The van der Waals surface area contributed by atoms with Crippen LogP contribution in [0.2, 0.25) is 0 Å². The van der Waals surface area contributed by atoms with Crippen molar-refractivity contribution in [2.24, 2.45) is 7.05 Å². The largest absolute Gasteiger partial charge is 0.308 e. The average Bonchev–Trinajstić information content (AvgIpc) is 2.32. The molecule has 0 amide bonds. The molecule has 0 saturated heterocycles. The second-order valence-electron chi connectivity index (χ2n) is 3.50. The molecular formula is C11H7N4O. The molecule has 0 aliphatic heterocycles. The summed E-state index contributed by atoms with van der Waals surface area (Å²) in [6.07, 6.45) is 5.57. The zero-order chi connectivity index (χ0) is 11.1. The number of fused-ring (bicyclic) bond motifs is 2. The Bertz CT molecular complexity index is 748. The molecule has 0 unspecified atom stereocenters. The van der Waals surface area contributed by atoms with Crippen molar-refractivity contribution in [2.75, 3.05) is 0 Å². The summed E-state index contributed by atoms with van der Waals surface area (Å²) in [4.78, 5) is 23.5. The minimum atomic E-state index is -0.134. The average molecular weight is 211 g/mol. The van der Waals surface area contributed by atoms with Crippen LogP contribution in [-0.4, -0.2) is 19.5 Å². The summed E-state index contributed by atoms with van der Waals surface area (Å²) in [6.45, 7) is 0. The van der Waals surface area contributed by atoms with Crippen molar-refractivity contribution < 1.29 is 0 Å². The Hall–Kier alpha value is -2.30. The Labute approximate surface area is 90.4 Å². The fraction of sp³-hybridized carbons (Fsp3) is 0.0909. The van der Waals surface area contributed by atoms with Gasteiger partial charge in [0.2, 0.25) is 0 Å². The van der Waals surface area contributed by atoms with Gasteiger partial charge in [0.25, 0.3) is 5.56 Å². The van der Waals surface area contributed by atoms with Crippen LogP contribution in [0.4, 0.5) is 0 Å². The summed E-state index contributed by atoms with van der Waals surface area (Å²) in [7, 11) is 1.71. The first-order valence-corrected chi connectivity index (χ1v) is 4.74. The van der Waals surface area contributed by atoms with Crippen LogP contribution in [-0.2, 0) is 7.05 Å². The first-order valence-electron chi connectivity index (χ1n) is 4.74. The van der Waals surface area contributed by atoms with Crippen molar-refractivity contribution >= 4 is 21.9 Å². The van der Waals surface area contributed by atoms with Crippen LogP contribution in [0.1, 0.15) is 0 Å². The maximum absolute atomic E-state index is 11.4. The van der Waals surface area contributed by atoms with Gasteiger partial charge in [-0.15, -0.1) is 0 Å². The molecule has 0 fully saturated rings. The Kier molecular flexibility index (Phi) is 1.73. The molecule has 0 aliphatic carbocycles.